The third kappa shape index (κ3) is 4.97. The van der Waals surface area contributed by atoms with Gasteiger partial charge in [0.1, 0.15) is 17.5 Å². The molecule has 96 valence electrons. The maximum Gasteiger partial charge on any atom is 0.145 e. The van der Waals surface area contributed by atoms with Gasteiger partial charge in [0, 0.05) is 12.6 Å². The molecule has 1 aromatic heterocycles. The van der Waals surface area contributed by atoms with Crippen molar-refractivity contribution >= 4 is 11.6 Å². The maximum atomic E-state index is 9.73. The number of nitrogen functional groups attached to an aromatic ring is 1. The maximum absolute atomic E-state index is 9.73. The van der Waals surface area contributed by atoms with E-state index in [9.17, 15) is 5.11 Å². The summed E-state index contributed by atoms with van der Waals surface area (Å²) in [5.74, 6) is 7.61. The van der Waals surface area contributed by atoms with E-state index in [1.807, 2.05) is 0 Å². The Morgan fingerprint density at radius 3 is 2.59 bits per heavy atom. The highest BCUT2D eigenvalue weighted by Crippen LogP contribution is 2.11. The van der Waals surface area contributed by atoms with Gasteiger partial charge in [-0.2, -0.15) is 0 Å². The van der Waals surface area contributed by atoms with Crippen molar-refractivity contribution in [1.29, 1.82) is 0 Å². The highest BCUT2D eigenvalue weighted by atomic mass is 16.3. The first-order chi connectivity index (χ1) is 8.01. The van der Waals surface area contributed by atoms with Crippen LogP contribution in [0.25, 0.3) is 0 Å². The molecule has 0 aliphatic heterocycles. The van der Waals surface area contributed by atoms with Crippen LogP contribution in [0.15, 0.2) is 6.07 Å². The van der Waals surface area contributed by atoms with E-state index in [4.69, 9.17) is 5.84 Å². The molecule has 6 heteroatoms. The Labute approximate surface area is 102 Å². The van der Waals surface area contributed by atoms with Crippen LogP contribution in [0.5, 0.6) is 0 Å². The van der Waals surface area contributed by atoms with Gasteiger partial charge in [-0.05, 0) is 19.3 Å². The molecular weight excluding hydrogens is 218 g/mol. The zero-order valence-electron chi connectivity index (χ0n) is 10.6. The fourth-order valence-electron chi connectivity index (χ4n) is 1.58. The smallest absolute Gasteiger partial charge is 0.145 e. The van der Waals surface area contributed by atoms with Crippen LogP contribution in [0, 0.1) is 12.8 Å². The second kappa shape index (κ2) is 6.36. The van der Waals surface area contributed by atoms with Gasteiger partial charge in [0.25, 0.3) is 0 Å². The lowest BCUT2D eigenvalue weighted by atomic mass is 10.1. The first-order valence-corrected chi connectivity index (χ1v) is 5.75. The number of aromatic nitrogens is 2. The fourth-order valence-corrected chi connectivity index (χ4v) is 1.58. The minimum atomic E-state index is -0.375. The summed E-state index contributed by atoms with van der Waals surface area (Å²) < 4.78 is 0. The van der Waals surface area contributed by atoms with Crippen molar-refractivity contribution in [3.8, 4) is 0 Å². The SMILES string of the molecule is Cc1nc(NN)cc(NCC(O)CC(C)C)n1. The number of hydrazine groups is 1. The van der Waals surface area contributed by atoms with Gasteiger partial charge in [-0.1, -0.05) is 13.8 Å². The third-order valence-corrected chi connectivity index (χ3v) is 2.25. The van der Waals surface area contributed by atoms with E-state index in [1.54, 1.807) is 13.0 Å². The minimum Gasteiger partial charge on any atom is -0.391 e. The van der Waals surface area contributed by atoms with Crippen molar-refractivity contribution in [3.05, 3.63) is 11.9 Å². The Morgan fingerprint density at radius 2 is 2.00 bits per heavy atom. The van der Waals surface area contributed by atoms with E-state index in [1.165, 1.54) is 0 Å². The lowest BCUT2D eigenvalue weighted by Gasteiger charge is -2.14. The molecule has 0 aromatic carbocycles. The number of anilines is 2. The molecule has 1 unspecified atom stereocenters. The molecule has 1 atom stereocenters. The number of hydrogen-bond acceptors (Lipinski definition) is 6. The van der Waals surface area contributed by atoms with Crippen LogP contribution in [0.3, 0.4) is 0 Å². The van der Waals surface area contributed by atoms with Crippen molar-refractivity contribution < 1.29 is 5.11 Å². The number of aliphatic hydroxyl groups excluding tert-OH is 1. The van der Waals surface area contributed by atoms with Crippen LogP contribution < -0.4 is 16.6 Å². The first kappa shape index (κ1) is 13.7. The summed E-state index contributed by atoms with van der Waals surface area (Å²) in [5, 5.41) is 12.8. The highest BCUT2D eigenvalue weighted by molar-refractivity contribution is 5.46. The van der Waals surface area contributed by atoms with Crippen molar-refractivity contribution in [3.63, 3.8) is 0 Å². The van der Waals surface area contributed by atoms with Gasteiger partial charge >= 0.3 is 0 Å². The Kier molecular flexibility index (Phi) is 5.11. The topological polar surface area (TPSA) is 96.1 Å². The molecule has 1 aromatic rings. The van der Waals surface area contributed by atoms with Crippen LogP contribution in [0.2, 0.25) is 0 Å². The van der Waals surface area contributed by atoms with Crippen molar-refractivity contribution in [2.45, 2.75) is 33.3 Å². The molecule has 0 bridgehead atoms. The van der Waals surface area contributed by atoms with Crippen molar-refractivity contribution in [1.82, 2.24) is 9.97 Å². The average molecular weight is 239 g/mol. The van der Waals surface area contributed by atoms with Crippen LogP contribution in [0.1, 0.15) is 26.1 Å². The molecule has 0 saturated heterocycles. The Morgan fingerprint density at radius 1 is 1.35 bits per heavy atom. The Hall–Kier alpha value is -1.40. The predicted molar refractivity (Wildman–Crippen MR) is 68.5 cm³/mol. The second-order valence-electron chi connectivity index (χ2n) is 4.49. The normalized spacial score (nSPS) is 12.6. The van der Waals surface area contributed by atoms with Crippen LogP contribution >= 0.6 is 0 Å². The largest absolute Gasteiger partial charge is 0.391 e. The van der Waals surface area contributed by atoms with E-state index in [0.717, 1.165) is 6.42 Å². The molecule has 0 aliphatic carbocycles. The van der Waals surface area contributed by atoms with E-state index in [2.05, 4.69) is 34.6 Å². The monoisotopic (exact) mass is 239 g/mol. The zero-order chi connectivity index (χ0) is 12.8. The van der Waals surface area contributed by atoms with Gasteiger partial charge in [0.2, 0.25) is 0 Å². The Bertz CT molecular complexity index is 356. The number of aliphatic hydroxyl groups is 1. The average Bonchev–Trinajstić information content (AvgIpc) is 2.24. The molecule has 1 heterocycles. The molecule has 17 heavy (non-hydrogen) atoms. The summed E-state index contributed by atoms with van der Waals surface area (Å²) in [6, 6.07) is 1.70. The van der Waals surface area contributed by atoms with E-state index in [0.29, 0.717) is 29.9 Å². The van der Waals surface area contributed by atoms with E-state index < -0.39 is 0 Å². The number of nitrogens with zero attached hydrogens (tertiary/aromatic N) is 2. The van der Waals surface area contributed by atoms with E-state index in [-0.39, 0.29) is 6.10 Å². The highest BCUT2D eigenvalue weighted by Gasteiger charge is 2.07. The third-order valence-electron chi connectivity index (χ3n) is 2.25. The second-order valence-corrected chi connectivity index (χ2v) is 4.49. The summed E-state index contributed by atoms with van der Waals surface area (Å²) in [5.41, 5.74) is 2.47. The Balaban J connectivity index is 2.54. The first-order valence-electron chi connectivity index (χ1n) is 5.75. The molecule has 6 nitrogen and oxygen atoms in total. The molecule has 0 aliphatic rings. The van der Waals surface area contributed by atoms with Gasteiger partial charge < -0.3 is 15.8 Å². The fraction of sp³-hybridized carbons (Fsp3) is 0.636. The molecule has 0 spiro atoms. The molecule has 0 fully saturated rings. The lowest BCUT2D eigenvalue weighted by Crippen LogP contribution is -2.22. The summed E-state index contributed by atoms with van der Waals surface area (Å²) >= 11 is 0. The number of hydrogen-bond donors (Lipinski definition) is 4. The molecule has 5 N–H and O–H groups in total. The molecule has 0 saturated carbocycles. The summed E-state index contributed by atoms with van der Waals surface area (Å²) in [6.07, 6.45) is 0.388. The zero-order valence-corrected chi connectivity index (χ0v) is 10.6. The van der Waals surface area contributed by atoms with Gasteiger partial charge in [-0.15, -0.1) is 0 Å². The molecule has 1 rings (SSSR count). The number of nitrogens with one attached hydrogen (secondary N) is 2. The summed E-state index contributed by atoms with van der Waals surface area (Å²) in [4.78, 5) is 8.28. The number of aryl methyl sites for hydroxylation is 1. The quantitative estimate of drug-likeness (QED) is 0.435. The van der Waals surface area contributed by atoms with Crippen LogP contribution in [-0.2, 0) is 0 Å². The van der Waals surface area contributed by atoms with Gasteiger partial charge in [-0.25, -0.2) is 15.8 Å². The van der Waals surface area contributed by atoms with Crippen molar-refractivity contribution in [2.24, 2.45) is 11.8 Å². The molecular formula is C11H21N5O. The number of rotatable bonds is 6. The standard InChI is InChI=1S/C11H21N5O/c1-7(2)4-9(17)6-13-10-5-11(16-12)15-8(3)14-10/h5,7,9,17H,4,6,12H2,1-3H3,(H2,13,14,15,16). The minimum absolute atomic E-state index is 0.375. The van der Waals surface area contributed by atoms with Crippen LogP contribution in [-0.4, -0.2) is 27.7 Å². The lowest BCUT2D eigenvalue weighted by molar-refractivity contribution is 0.161. The van der Waals surface area contributed by atoms with Crippen molar-refractivity contribution in [2.75, 3.05) is 17.3 Å². The summed E-state index contributed by atoms with van der Waals surface area (Å²) in [6.45, 7) is 6.41. The number of nitrogens with two attached hydrogens (primary N) is 1. The predicted octanol–water partition coefficient (Wildman–Crippen LogP) is 0.890. The van der Waals surface area contributed by atoms with E-state index >= 15 is 0 Å². The van der Waals surface area contributed by atoms with Gasteiger partial charge in [0.15, 0.2) is 0 Å². The molecule has 0 amide bonds. The van der Waals surface area contributed by atoms with Gasteiger partial charge in [-0.3, -0.25) is 0 Å². The van der Waals surface area contributed by atoms with Gasteiger partial charge in [0.05, 0.1) is 6.10 Å². The summed E-state index contributed by atoms with van der Waals surface area (Å²) in [7, 11) is 0. The molecule has 0 radical (unpaired) electrons. The van der Waals surface area contributed by atoms with Crippen LogP contribution in [0.4, 0.5) is 11.6 Å².